The van der Waals surface area contributed by atoms with E-state index in [1.54, 1.807) is 12.1 Å². The second-order valence-electron chi connectivity index (χ2n) is 4.80. The molecule has 0 bridgehead atoms. The third-order valence-corrected chi connectivity index (χ3v) is 4.79. The van der Waals surface area contributed by atoms with E-state index >= 15 is 0 Å². The highest BCUT2D eigenvalue weighted by Crippen LogP contribution is 2.25. The first-order chi connectivity index (χ1) is 8.66. The Labute approximate surface area is 109 Å². The smallest absolute Gasteiger partial charge is 0.178 e. The van der Waals surface area contributed by atoms with Crippen LogP contribution in [-0.4, -0.2) is 21.5 Å². The molecule has 1 fully saturated rings. The van der Waals surface area contributed by atoms with Gasteiger partial charge in [-0.25, -0.2) is 4.39 Å². The normalized spacial score (nSPS) is 17.8. The van der Waals surface area contributed by atoms with Crippen molar-refractivity contribution in [3.63, 3.8) is 0 Å². The van der Waals surface area contributed by atoms with Gasteiger partial charge >= 0.3 is 0 Å². The Hall–Kier alpha value is -1.03. The standard InChI is InChI=1S/C14H17FO2S/c15-13-8-4-3-7-12(13)14(16)10-18(17)9-11-5-1-2-6-11/h3-4,7-8,11H,1-2,5-6,9-10H2. The minimum Gasteiger partial charge on any atom is -0.293 e. The van der Waals surface area contributed by atoms with E-state index in [4.69, 9.17) is 0 Å². The summed E-state index contributed by atoms with van der Waals surface area (Å²) in [6, 6.07) is 5.87. The van der Waals surface area contributed by atoms with E-state index in [9.17, 15) is 13.4 Å². The molecule has 1 saturated carbocycles. The average molecular weight is 268 g/mol. The van der Waals surface area contributed by atoms with Gasteiger partial charge in [-0.3, -0.25) is 9.00 Å². The Balaban J connectivity index is 1.91. The molecular weight excluding hydrogens is 251 g/mol. The first-order valence-corrected chi connectivity index (χ1v) is 7.78. The molecule has 0 amide bonds. The van der Waals surface area contributed by atoms with E-state index in [-0.39, 0.29) is 17.1 Å². The SMILES string of the molecule is O=C(CS(=O)CC1CCCC1)c1ccccc1F. The Kier molecular flexibility index (Phi) is 4.64. The van der Waals surface area contributed by atoms with Crippen LogP contribution in [0, 0.1) is 11.7 Å². The first-order valence-electron chi connectivity index (χ1n) is 6.29. The van der Waals surface area contributed by atoms with Crippen LogP contribution in [0.4, 0.5) is 4.39 Å². The van der Waals surface area contributed by atoms with E-state index < -0.39 is 16.6 Å². The molecular formula is C14H17FO2S. The van der Waals surface area contributed by atoms with Crippen LogP contribution in [0.25, 0.3) is 0 Å². The highest BCUT2D eigenvalue weighted by molar-refractivity contribution is 7.85. The van der Waals surface area contributed by atoms with Crippen molar-refractivity contribution in [2.75, 3.05) is 11.5 Å². The fourth-order valence-electron chi connectivity index (χ4n) is 2.41. The maximum absolute atomic E-state index is 13.4. The fourth-order valence-corrected chi connectivity index (χ4v) is 3.84. The summed E-state index contributed by atoms with van der Waals surface area (Å²) >= 11 is 0. The van der Waals surface area contributed by atoms with E-state index in [2.05, 4.69) is 0 Å². The zero-order chi connectivity index (χ0) is 13.0. The average Bonchev–Trinajstić information content (AvgIpc) is 2.82. The molecule has 1 atom stereocenters. The van der Waals surface area contributed by atoms with Crippen LogP contribution < -0.4 is 0 Å². The van der Waals surface area contributed by atoms with Gasteiger partial charge in [0.2, 0.25) is 0 Å². The van der Waals surface area contributed by atoms with Gasteiger partial charge in [-0.05, 0) is 30.9 Å². The summed E-state index contributed by atoms with van der Waals surface area (Å²) in [5, 5.41) is 0. The van der Waals surface area contributed by atoms with Crippen LogP contribution in [0.2, 0.25) is 0 Å². The van der Waals surface area contributed by atoms with Crippen LogP contribution in [0.3, 0.4) is 0 Å². The highest BCUT2D eigenvalue weighted by Gasteiger charge is 2.20. The summed E-state index contributed by atoms with van der Waals surface area (Å²) in [4.78, 5) is 11.8. The van der Waals surface area contributed by atoms with Gasteiger partial charge in [0.25, 0.3) is 0 Å². The predicted octanol–water partition coefficient (Wildman–Crippen LogP) is 2.95. The number of halogens is 1. The fraction of sp³-hybridized carbons (Fsp3) is 0.500. The second-order valence-corrected chi connectivity index (χ2v) is 6.31. The molecule has 0 saturated heterocycles. The minimum absolute atomic E-state index is 0.0530. The third-order valence-electron chi connectivity index (χ3n) is 3.36. The summed E-state index contributed by atoms with van der Waals surface area (Å²) in [7, 11) is -1.16. The number of hydrogen-bond acceptors (Lipinski definition) is 2. The maximum atomic E-state index is 13.4. The molecule has 0 heterocycles. The van der Waals surface area contributed by atoms with Crippen molar-refractivity contribution < 1.29 is 13.4 Å². The van der Waals surface area contributed by atoms with Crippen LogP contribution in [0.5, 0.6) is 0 Å². The summed E-state index contributed by atoms with van der Waals surface area (Å²) in [6.07, 6.45) is 4.62. The van der Waals surface area contributed by atoms with Crippen LogP contribution >= 0.6 is 0 Å². The lowest BCUT2D eigenvalue weighted by atomic mass is 10.1. The van der Waals surface area contributed by atoms with Crippen LogP contribution in [-0.2, 0) is 10.8 Å². The Morgan fingerprint density at radius 1 is 1.28 bits per heavy atom. The van der Waals surface area contributed by atoms with Gasteiger partial charge in [0, 0.05) is 16.6 Å². The molecule has 0 N–H and O–H groups in total. The quantitative estimate of drug-likeness (QED) is 0.769. The molecule has 98 valence electrons. The molecule has 1 unspecified atom stereocenters. The molecule has 2 nitrogen and oxygen atoms in total. The van der Waals surface area contributed by atoms with Gasteiger partial charge in [-0.2, -0.15) is 0 Å². The van der Waals surface area contributed by atoms with Crippen molar-refractivity contribution in [2.24, 2.45) is 5.92 Å². The van der Waals surface area contributed by atoms with E-state index in [0.717, 1.165) is 12.8 Å². The predicted molar refractivity (Wildman–Crippen MR) is 70.6 cm³/mol. The number of Topliss-reactive ketones (excluding diaryl/α,β-unsaturated/α-hetero) is 1. The number of rotatable bonds is 5. The Bertz CT molecular complexity index is 453. The highest BCUT2D eigenvalue weighted by atomic mass is 32.2. The molecule has 1 aromatic rings. The van der Waals surface area contributed by atoms with Gasteiger partial charge in [0.1, 0.15) is 5.82 Å². The van der Waals surface area contributed by atoms with Gasteiger partial charge in [-0.15, -0.1) is 0 Å². The lowest BCUT2D eigenvalue weighted by Gasteiger charge is -2.08. The molecule has 1 aliphatic rings. The van der Waals surface area contributed by atoms with Gasteiger partial charge in [0.15, 0.2) is 5.78 Å². The Morgan fingerprint density at radius 3 is 2.61 bits per heavy atom. The molecule has 0 spiro atoms. The zero-order valence-corrected chi connectivity index (χ0v) is 11.0. The van der Waals surface area contributed by atoms with Crippen molar-refractivity contribution >= 4 is 16.6 Å². The lowest BCUT2D eigenvalue weighted by molar-refractivity contribution is 0.101. The monoisotopic (exact) mass is 268 g/mol. The van der Waals surface area contributed by atoms with Crippen molar-refractivity contribution in [3.8, 4) is 0 Å². The molecule has 1 aliphatic carbocycles. The van der Waals surface area contributed by atoms with Crippen molar-refractivity contribution in [3.05, 3.63) is 35.6 Å². The van der Waals surface area contributed by atoms with E-state index in [1.807, 2.05) is 0 Å². The van der Waals surface area contributed by atoms with Crippen molar-refractivity contribution in [1.29, 1.82) is 0 Å². The molecule has 18 heavy (non-hydrogen) atoms. The maximum Gasteiger partial charge on any atom is 0.178 e. The largest absolute Gasteiger partial charge is 0.293 e. The number of hydrogen-bond donors (Lipinski definition) is 0. The van der Waals surface area contributed by atoms with Crippen molar-refractivity contribution in [1.82, 2.24) is 0 Å². The summed E-state index contributed by atoms with van der Waals surface area (Å²) in [6.45, 7) is 0. The molecule has 1 aromatic carbocycles. The second kappa shape index (κ2) is 6.23. The summed E-state index contributed by atoms with van der Waals surface area (Å²) < 4.78 is 25.2. The number of carbonyl (C=O) groups excluding carboxylic acids is 1. The van der Waals surface area contributed by atoms with Crippen molar-refractivity contribution in [2.45, 2.75) is 25.7 Å². The molecule has 0 aromatic heterocycles. The number of carbonyl (C=O) groups is 1. The molecule has 4 heteroatoms. The van der Waals surface area contributed by atoms with Gasteiger partial charge in [-0.1, -0.05) is 25.0 Å². The van der Waals surface area contributed by atoms with E-state index in [1.165, 1.54) is 25.0 Å². The summed E-state index contributed by atoms with van der Waals surface area (Å²) in [5.74, 6) is 0.126. The van der Waals surface area contributed by atoms with Gasteiger partial charge < -0.3 is 0 Å². The summed E-state index contributed by atoms with van der Waals surface area (Å²) in [5.41, 5.74) is 0.0530. The number of benzene rings is 1. The number of ketones is 1. The molecule has 0 radical (unpaired) electrons. The molecule has 2 rings (SSSR count). The van der Waals surface area contributed by atoms with Gasteiger partial charge in [0.05, 0.1) is 11.3 Å². The zero-order valence-electron chi connectivity index (χ0n) is 10.2. The lowest BCUT2D eigenvalue weighted by Crippen LogP contribution is -2.17. The third kappa shape index (κ3) is 3.48. The topological polar surface area (TPSA) is 34.1 Å². The first kappa shape index (κ1) is 13.4. The van der Waals surface area contributed by atoms with E-state index in [0.29, 0.717) is 11.7 Å². The van der Waals surface area contributed by atoms with Crippen LogP contribution in [0.15, 0.2) is 24.3 Å². The van der Waals surface area contributed by atoms with Crippen LogP contribution in [0.1, 0.15) is 36.0 Å². The Morgan fingerprint density at radius 2 is 1.94 bits per heavy atom. The minimum atomic E-state index is -1.16. The molecule has 0 aliphatic heterocycles.